The monoisotopic (exact) mass is 381 g/mol. The standard InChI is InChI=1S/C21H19NO4S/c1-14-12-19(27-20(14)21(24)25-2)22-18(23)13-26-17-11-7-6-10-16(17)15-8-4-3-5-9-15/h3-12H,13H2,1-2H3,(H,22,23). The van der Waals surface area contributed by atoms with E-state index in [-0.39, 0.29) is 12.5 Å². The van der Waals surface area contributed by atoms with Crippen LogP contribution in [0.1, 0.15) is 15.2 Å². The summed E-state index contributed by atoms with van der Waals surface area (Å²) in [6.07, 6.45) is 0. The van der Waals surface area contributed by atoms with Crippen molar-refractivity contribution in [2.75, 3.05) is 19.0 Å². The minimum atomic E-state index is -0.411. The third kappa shape index (κ3) is 4.54. The molecule has 0 radical (unpaired) electrons. The van der Waals surface area contributed by atoms with Crippen molar-refractivity contribution in [2.45, 2.75) is 6.92 Å². The normalized spacial score (nSPS) is 10.3. The van der Waals surface area contributed by atoms with Crippen molar-refractivity contribution in [1.29, 1.82) is 0 Å². The number of hydrogen-bond donors (Lipinski definition) is 1. The van der Waals surface area contributed by atoms with Crippen LogP contribution in [-0.2, 0) is 9.53 Å². The number of anilines is 1. The maximum Gasteiger partial charge on any atom is 0.348 e. The smallest absolute Gasteiger partial charge is 0.348 e. The molecule has 6 heteroatoms. The minimum Gasteiger partial charge on any atom is -0.483 e. The number of nitrogens with one attached hydrogen (secondary N) is 1. The molecule has 0 aliphatic carbocycles. The van der Waals surface area contributed by atoms with Crippen LogP contribution in [0.3, 0.4) is 0 Å². The predicted octanol–water partition coefficient (Wildman–Crippen LogP) is 4.53. The molecular weight excluding hydrogens is 362 g/mol. The highest BCUT2D eigenvalue weighted by Gasteiger charge is 2.15. The van der Waals surface area contributed by atoms with Crippen molar-refractivity contribution in [2.24, 2.45) is 0 Å². The molecule has 3 aromatic rings. The van der Waals surface area contributed by atoms with Gasteiger partial charge in [-0.05, 0) is 30.2 Å². The second kappa shape index (κ2) is 8.51. The van der Waals surface area contributed by atoms with E-state index in [1.807, 2.05) is 54.6 Å². The van der Waals surface area contributed by atoms with Crippen LogP contribution in [0.25, 0.3) is 11.1 Å². The molecule has 0 aliphatic rings. The lowest BCUT2D eigenvalue weighted by Crippen LogP contribution is -2.19. The SMILES string of the molecule is COC(=O)c1sc(NC(=O)COc2ccccc2-c2ccccc2)cc1C. The van der Waals surface area contributed by atoms with Crippen LogP contribution in [0.2, 0.25) is 0 Å². The third-order valence-electron chi connectivity index (χ3n) is 3.88. The molecule has 2 aromatic carbocycles. The topological polar surface area (TPSA) is 64.6 Å². The molecule has 1 aromatic heterocycles. The van der Waals surface area contributed by atoms with Gasteiger partial charge in [-0.1, -0.05) is 48.5 Å². The van der Waals surface area contributed by atoms with E-state index in [2.05, 4.69) is 5.32 Å². The molecule has 27 heavy (non-hydrogen) atoms. The molecular formula is C21H19NO4S. The number of thiophene rings is 1. The Morgan fingerprint density at radius 1 is 1.04 bits per heavy atom. The second-order valence-corrected chi connectivity index (χ2v) is 6.87. The summed E-state index contributed by atoms with van der Waals surface area (Å²) in [6, 6.07) is 19.2. The Morgan fingerprint density at radius 3 is 2.48 bits per heavy atom. The lowest BCUT2D eigenvalue weighted by atomic mass is 10.1. The van der Waals surface area contributed by atoms with Gasteiger partial charge in [0, 0.05) is 5.56 Å². The zero-order chi connectivity index (χ0) is 19.2. The van der Waals surface area contributed by atoms with Crippen LogP contribution >= 0.6 is 11.3 Å². The van der Waals surface area contributed by atoms with Crippen molar-refractivity contribution in [3.63, 3.8) is 0 Å². The van der Waals surface area contributed by atoms with Crippen molar-refractivity contribution in [3.05, 3.63) is 71.1 Å². The lowest BCUT2D eigenvalue weighted by molar-refractivity contribution is -0.118. The van der Waals surface area contributed by atoms with E-state index in [1.165, 1.54) is 18.4 Å². The summed E-state index contributed by atoms with van der Waals surface area (Å²) >= 11 is 1.18. The number of ether oxygens (including phenoxy) is 2. The molecule has 0 fully saturated rings. The van der Waals surface area contributed by atoms with E-state index < -0.39 is 5.97 Å². The fourth-order valence-electron chi connectivity index (χ4n) is 2.60. The average Bonchev–Trinajstić information content (AvgIpc) is 3.06. The number of esters is 1. The van der Waals surface area contributed by atoms with Crippen molar-refractivity contribution >= 4 is 28.2 Å². The molecule has 0 aliphatic heterocycles. The second-order valence-electron chi connectivity index (χ2n) is 5.81. The van der Waals surface area contributed by atoms with Gasteiger partial charge in [-0.3, -0.25) is 4.79 Å². The number of benzene rings is 2. The Bertz CT molecular complexity index is 950. The first-order chi connectivity index (χ1) is 13.1. The van der Waals surface area contributed by atoms with Gasteiger partial charge >= 0.3 is 5.97 Å². The summed E-state index contributed by atoms with van der Waals surface area (Å²) < 4.78 is 10.5. The maximum absolute atomic E-state index is 12.2. The van der Waals surface area contributed by atoms with Crippen LogP contribution in [0.5, 0.6) is 5.75 Å². The number of aryl methyl sites for hydroxylation is 1. The lowest BCUT2D eigenvalue weighted by Gasteiger charge is -2.11. The zero-order valence-corrected chi connectivity index (χ0v) is 15.8. The Kier molecular flexibility index (Phi) is 5.88. The summed E-state index contributed by atoms with van der Waals surface area (Å²) in [5.41, 5.74) is 2.70. The number of para-hydroxylation sites is 1. The Morgan fingerprint density at radius 2 is 1.74 bits per heavy atom. The molecule has 1 amide bonds. The average molecular weight is 381 g/mol. The first kappa shape index (κ1) is 18.7. The van der Waals surface area contributed by atoms with Gasteiger partial charge in [-0.2, -0.15) is 0 Å². The van der Waals surface area contributed by atoms with Crippen LogP contribution in [-0.4, -0.2) is 25.6 Å². The highest BCUT2D eigenvalue weighted by molar-refractivity contribution is 7.18. The molecule has 0 saturated heterocycles. The Labute approximate surface area is 161 Å². The van der Waals surface area contributed by atoms with Crippen LogP contribution < -0.4 is 10.1 Å². The maximum atomic E-state index is 12.2. The fourth-order valence-corrected chi connectivity index (χ4v) is 3.61. The zero-order valence-electron chi connectivity index (χ0n) is 15.0. The van der Waals surface area contributed by atoms with E-state index in [1.54, 1.807) is 13.0 Å². The molecule has 0 spiro atoms. The molecule has 0 atom stereocenters. The van der Waals surface area contributed by atoms with E-state index in [0.29, 0.717) is 15.6 Å². The van der Waals surface area contributed by atoms with Gasteiger partial charge in [0.1, 0.15) is 10.6 Å². The summed E-state index contributed by atoms with van der Waals surface area (Å²) in [4.78, 5) is 24.4. The third-order valence-corrected chi connectivity index (χ3v) is 5.01. The van der Waals surface area contributed by atoms with E-state index in [0.717, 1.165) is 16.7 Å². The first-order valence-electron chi connectivity index (χ1n) is 8.34. The molecule has 0 saturated carbocycles. The Balaban J connectivity index is 1.66. The number of carbonyl (C=O) groups excluding carboxylic acids is 2. The molecule has 0 bridgehead atoms. The fraction of sp³-hybridized carbons (Fsp3) is 0.143. The van der Waals surface area contributed by atoms with E-state index in [9.17, 15) is 9.59 Å². The first-order valence-corrected chi connectivity index (χ1v) is 9.16. The molecule has 3 rings (SSSR count). The molecule has 138 valence electrons. The molecule has 5 nitrogen and oxygen atoms in total. The Hall–Kier alpha value is -3.12. The van der Waals surface area contributed by atoms with Gasteiger partial charge in [0.2, 0.25) is 0 Å². The van der Waals surface area contributed by atoms with Crippen LogP contribution in [0.4, 0.5) is 5.00 Å². The van der Waals surface area contributed by atoms with Gasteiger partial charge < -0.3 is 14.8 Å². The molecule has 0 unspecified atom stereocenters. The van der Waals surface area contributed by atoms with Crippen molar-refractivity contribution < 1.29 is 19.1 Å². The number of amides is 1. The van der Waals surface area contributed by atoms with Crippen LogP contribution in [0.15, 0.2) is 60.7 Å². The summed E-state index contributed by atoms with van der Waals surface area (Å²) in [6.45, 7) is 1.67. The number of methoxy groups -OCH3 is 1. The largest absolute Gasteiger partial charge is 0.483 e. The van der Waals surface area contributed by atoms with Crippen LogP contribution in [0, 0.1) is 6.92 Å². The van der Waals surface area contributed by atoms with E-state index in [4.69, 9.17) is 9.47 Å². The van der Waals surface area contributed by atoms with Gasteiger partial charge in [0.05, 0.1) is 12.1 Å². The highest BCUT2D eigenvalue weighted by Crippen LogP contribution is 2.30. The van der Waals surface area contributed by atoms with Gasteiger partial charge in [-0.25, -0.2) is 4.79 Å². The van der Waals surface area contributed by atoms with Crippen molar-refractivity contribution in [1.82, 2.24) is 0 Å². The van der Waals surface area contributed by atoms with Crippen molar-refractivity contribution in [3.8, 4) is 16.9 Å². The highest BCUT2D eigenvalue weighted by atomic mass is 32.1. The number of rotatable bonds is 6. The number of carbonyl (C=O) groups is 2. The van der Waals surface area contributed by atoms with E-state index >= 15 is 0 Å². The van der Waals surface area contributed by atoms with Gasteiger partial charge in [0.15, 0.2) is 6.61 Å². The minimum absolute atomic E-state index is 0.131. The predicted molar refractivity (Wildman–Crippen MR) is 106 cm³/mol. The quantitative estimate of drug-likeness (QED) is 0.637. The number of hydrogen-bond acceptors (Lipinski definition) is 5. The molecule has 1 heterocycles. The summed E-state index contributed by atoms with van der Waals surface area (Å²) in [5, 5.41) is 3.34. The molecule has 1 N–H and O–H groups in total. The summed E-state index contributed by atoms with van der Waals surface area (Å²) in [7, 11) is 1.33. The summed E-state index contributed by atoms with van der Waals surface area (Å²) in [5.74, 6) is -0.0713. The van der Waals surface area contributed by atoms with Gasteiger partial charge in [0.25, 0.3) is 5.91 Å². The van der Waals surface area contributed by atoms with Gasteiger partial charge in [-0.15, -0.1) is 11.3 Å².